The third-order valence-electron chi connectivity index (χ3n) is 6.53. The van der Waals surface area contributed by atoms with Gasteiger partial charge in [-0.15, -0.1) is 0 Å². The quantitative estimate of drug-likeness (QED) is 0.236. The number of methoxy groups -OCH3 is 3. The Morgan fingerprint density at radius 2 is 1.38 bits per heavy atom. The third-order valence-corrected chi connectivity index (χ3v) is 6.53. The fraction of sp³-hybridized carbons (Fsp3) is 0.552. The molecule has 1 heterocycles. The molecule has 0 unspecified atom stereocenters. The van der Waals surface area contributed by atoms with Crippen LogP contribution in [-0.2, 0) is 4.74 Å². The van der Waals surface area contributed by atoms with Crippen molar-refractivity contribution in [3.05, 3.63) is 35.4 Å². The molecule has 0 saturated carbocycles. The van der Waals surface area contributed by atoms with E-state index in [4.69, 9.17) is 28.4 Å². The van der Waals surface area contributed by atoms with Gasteiger partial charge in [-0.05, 0) is 68.0 Å². The molecule has 1 aliphatic heterocycles. The highest BCUT2D eigenvalue weighted by Crippen LogP contribution is 2.48. The van der Waals surface area contributed by atoms with E-state index in [1.807, 2.05) is 45.0 Å². The highest BCUT2D eigenvalue weighted by molar-refractivity contribution is 5.93. The van der Waals surface area contributed by atoms with Gasteiger partial charge in [-0.3, -0.25) is 10.1 Å². The van der Waals surface area contributed by atoms with Crippen LogP contribution < -0.4 is 28.6 Å². The number of carbonyl (C=O) groups excluding carboxylic acids is 1. The minimum atomic E-state index is -0.569. The van der Waals surface area contributed by atoms with Gasteiger partial charge in [0.1, 0.15) is 0 Å². The fourth-order valence-corrected chi connectivity index (χ4v) is 4.66. The van der Waals surface area contributed by atoms with Gasteiger partial charge in [-0.1, -0.05) is 13.8 Å². The lowest BCUT2D eigenvalue weighted by molar-refractivity contribution is -0.0149. The monoisotopic (exact) mass is 546 g/mol. The van der Waals surface area contributed by atoms with Crippen LogP contribution in [0.5, 0.6) is 28.7 Å². The molecule has 0 bridgehead atoms. The maximum atomic E-state index is 12.9. The molecule has 2 aromatic carbocycles. The van der Waals surface area contributed by atoms with Crippen molar-refractivity contribution in [2.45, 2.75) is 58.7 Å². The Kier molecular flexibility index (Phi) is 10.9. The number of nitrogens with zero attached hydrogens (tertiary/aromatic N) is 2. The van der Waals surface area contributed by atoms with E-state index >= 15 is 0 Å². The van der Waals surface area contributed by atoms with E-state index < -0.39 is 6.03 Å². The highest BCUT2D eigenvalue weighted by atomic mass is 16.5. The molecule has 0 spiro atoms. The van der Waals surface area contributed by atoms with Crippen molar-refractivity contribution in [2.75, 3.05) is 53.0 Å². The number of benzene rings is 2. The van der Waals surface area contributed by atoms with Crippen molar-refractivity contribution in [1.29, 1.82) is 0 Å². The maximum Gasteiger partial charge on any atom is 0.348 e. The number of hydroxylamine groups is 2. The molecule has 2 aromatic rings. The highest BCUT2D eigenvalue weighted by Gasteiger charge is 2.32. The molecule has 39 heavy (non-hydrogen) atoms. The van der Waals surface area contributed by atoms with E-state index in [-0.39, 0.29) is 12.2 Å². The Bertz CT molecular complexity index is 1080. The molecule has 10 nitrogen and oxygen atoms in total. The van der Waals surface area contributed by atoms with Crippen LogP contribution in [0.2, 0.25) is 0 Å². The van der Waals surface area contributed by atoms with Crippen LogP contribution in [0.25, 0.3) is 0 Å². The van der Waals surface area contributed by atoms with Crippen molar-refractivity contribution >= 4 is 11.7 Å². The molecule has 3 rings (SSSR count). The molecule has 1 saturated heterocycles. The molecular formula is C29H42N2O8. The molecule has 1 aliphatic rings. The van der Waals surface area contributed by atoms with Gasteiger partial charge in [-0.25, -0.2) is 9.86 Å². The molecule has 1 fully saturated rings. The molecule has 216 valence electrons. The summed E-state index contributed by atoms with van der Waals surface area (Å²) >= 11 is 0. The molecule has 2 atom stereocenters. The van der Waals surface area contributed by atoms with Crippen LogP contribution in [-0.4, -0.2) is 64.4 Å². The molecule has 10 heteroatoms. The lowest BCUT2D eigenvalue weighted by atomic mass is 10.0. The molecule has 2 amide bonds. The van der Waals surface area contributed by atoms with Crippen LogP contribution in [0.1, 0.15) is 69.8 Å². The van der Waals surface area contributed by atoms with E-state index in [0.29, 0.717) is 59.3 Å². The summed E-state index contributed by atoms with van der Waals surface area (Å²) in [4.78, 5) is 14.4. The predicted molar refractivity (Wildman–Crippen MR) is 148 cm³/mol. The van der Waals surface area contributed by atoms with E-state index in [1.54, 1.807) is 21.3 Å². The summed E-state index contributed by atoms with van der Waals surface area (Å²) in [5.74, 6) is 2.69. The number of amides is 2. The average molecular weight is 547 g/mol. The fourth-order valence-electron chi connectivity index (χ4n) is 4.66. The van der Waals surface area contributed by atoms with Crippen LogP contribution in [0, 0.1) is 0 Å². The van der Waals surface area contributed by atoms with Gasteiger partial charge in [0.25, 0.3) is 0 Å². The van der Waals surface area contributed by atoms with Crippen molar-refractivity contribution < 1.29 is 38.4 Å². The first-order valence-corrected chi connectivity index (χ1v) is 13.5. The maximum absolute atomic E-state index is 12.9. The number of urea groups is 1. The largest absolute Gasteiger partial charge is 0.493 e. The zero-order valence-electron chi connectivity index (χ0n) is 24.1. The van der Waals surface area contributed by atoms with Gasteiger partial charge >= 0.3 is 6.03 Å². The summed E-state index contributed by atoms with van der Waals surface area (Å²) in [6.45, 7) is 7.16. The number of ether oxygens (including phenoxy) is 6. The number of rotatable bonds is 13. The molecule has 0 aliphatic carbocycles. The van der Waals surface area contributed by atoms with Crippen molar-refractivity contribution in [2.24, 2.45) is 0 Å². The first-order valence-electron chi connectivity index (χ1n) is 13.5. The number of hydrogen-bond acceptors (Lipinski definition) is 8. The smallest absolute Gasteiger partial charge is 0.348 e. The summed E-state index contributed by atoms with van der Waals surface area (Å²) < 4.78 is 35.3. The lowest BCUT2D eigenvalue weighted by Crippen LogP contribution is -2.39. The number of hydrogen-bond donors (Lipinski definition) is 1. The van der Waals surface area contributed by atoms with E-state index in [1.165, 1.54) is 11.9 Å². The standard InChI is InChI=1S/C29H42N2O8/c1-8-13-37-26-18-19(15-21(27(26)38-14-9-2)31(10-3)29(32)30(4)33)22-11-12-23(39-22)20-16-24(34-5)28(36-7)25(17-20)35-6/h15-18,22-23,33H,8-14H2,1-7H3/t22-,23-/m1/s1. The van der Waals surface area contributed by atoms with Gasteiger partial charge in [0.05, 0.1) is 52.4 Å². The minimum absolute atomic E-state index is 0.198. The van der Waals surface area contributed by atoms with Gasteiger partial charge < -0.3 is 28.4 Å². The van der Waals surface area contributed by atoms with E-state index in [9.17, 15) is 10.0 Å². The second kappa shape index (κ2) is 14.1. The summed E-state index contributed by atoms with van der Waals surface area (Å²) in [6, 6.07) is 7.09. The van der Waals surface area contributed by atoms with Crippen molar-refractivity contribution in [3.63, 3.8) is 0 Å². The SMILES string of the molecule is CCCOc1cc([C@H]2CC[C@H](c3cc(OC)c(OC)c(OC)c3)O2)cc(N(CC)C(=O)N(C)O)c1OCCC. The van der Waals surface area contributed by atoms with Crippen LogP contribution in [0.15, 0.2) is 24.3 Å². The Morgan fingerprint density at radius 1 is 0.846 bits per heavy atom. The third kappa shape index (κ3) is 6.80. The first-order chi connectivity index (χ1) is 18.8. The molecular weight excluding hydrogens is 504 g/mol. The average Bonchev–Trinajstić information content (AvgIpc) is 3.45. The zero-order valence-corrected chi connectivity index (χ0v) is 24.1. The Balaban J connectivity index is 2.03. The molecule has 0 radical (unpaired) electrons. The Labute approximate surface area is 231 Å². The van der Waals surface area contributed by atoms with Crippen molar-refractivity contribution in [1.82, 2.24) is 5.06 Å². The topological polar surface area (TPSA) is 99.2 Å². The van der Waals surface area contributed by atoms with E-state index in [2.05, 4.69) is 0 Å². The second-order valence-corrected chi connectivity index (χ2v) is 9.26. The predicted octanol–water partition coefficient (Wildman–Crippen LogP) is 6.15. The van der Waals surface area contributed by atoms with Gasteiger partial charge in [0.2, 0.25) is 5.75 Å². The van der Waals surface area contributed by atoms with Crippen molar-refractivity contribution in [3.8, 4) is 28.7 Å². The normalized spacial score (nSPS) is 16.5. The summed E-state index contributed by atoms with van der Waals surface area (Å²) in [5, 5.41) is 10.5. The summed E-state index contributed by atoms with van der Waals surface area (Å²) in [5.41, 5.74) is 2.31. The van der Waals surface area contributed by atoms with Gasteiger partial charge in [0, 0.05) is 13.6 Å². The number of carbonyl (C=O) groups is 1. The number of anilines is 1. The minimum Gasteiger partial charge on any atom is -0.493 e. The zero-order chi connectivity index (χ0) is 28.5. The van der Waals surface area contributed by atoms with Crippen LogP contribution in [0.4, 0.5) is 10.5 Å². The Hall–Kier alpha value is -3.37. The molecule has 1 N–H and O–H groups in total. The van der Waals surface area contributed by atoms with Crippen LogP contribution >= 0.6 is 0 Å². The lowest BCUT2D eigenvalue weighted by Gasteiger charge is -2.28. The Morgan fingerprint density at radius 3 is 1.87 bits per heavy atom. The second-order valence-electron chi connectivity index (χ2n) is 9.26. The first kappa shape index (κ1) is 30.2. The van der Waals surface area contributed by atoms with Crippen LogP contribution in [0.3, 0.4) is 0 Å². The van der Waals surface area contributed by atoms with E-state index in [0.717, 1.165) is 36.8 Å². The van der Waals surface area contributed by atoms with Gasteiger partial charge in [0.15, 0.2) is 23.0 Å². The van der Waals surface area contributed by atoms with Gasteiger partial charge in [-0.2, -0.15) is 0 Å². The summed E-state index contributed by atoms with van der Waals surface area (Å²) in [7, 11) is 6.06. The molecule has 0 aromatic heterocycles. The summed E-state index contributed by atoms with van der Waals surface area (Å²) in [6.07, 6.45) is 2.67.